The minimum atomic E-state index is -0.388. The summed E-state index contributed by atoms with van der Waals surface area (Å²) in [5, 5.41) is 13.1. The van der Waals surface area contributed by atoms with Gasteiger partial charge in [0.1, 0.15) is 16.3 Å². The van der Waals surface area contributed by atoms with Gasteiger partial charge in [-0.1, -0.05) is 25.2 Å². The third-order valence-corrected chi connectivity index (χ3v) is 6.81. The Morgan fingerprint density at radius 3 is 2.96 bits per heavy atom. The maximum absolute atomic E-state index is 13.4. The van der Waals surface area contributed by atoms with Crippen molar-refractivity contribution in [2.75, 3.05) is 4.90 Å². The summed E-state index contributed by atoms with van der Waals surface area (Å²) in [5.41, 5.74) is -0.388. The van der Waals surface area contributed by atoms with Crippen molar-refractivity contribution in [3.63, 3.8) is 0 Å². The Morgan fingerprint density at radius 2 is 2.30 bits per heavy atom. The average molecular weight is 390 g/mol. The Labute approximate surface area is 163 Å². The molecule has 27 heavy (non-hydrogen) atoms. The summed E-state index contributed by atoms with van der Waals surface area (Å²) in [6.07, 6.45) is 8.20. The molecule has 0 aliphatic carbocycles. The zero-order valence-corrected chi connectivity index (χ0v) is 17.0. The molecule has 2 bridgehead atoms. The lowest BCUT2D eigenvalue weighted by Gasteiger charge is -2.36. The molecule has 8 heteroatoms. The van der Waals surface area contributed by atoms with E-state index < -0.39 is 0 Å². The van der Waals surface area contributed by atoms with Crippen molar-refractivity contribution in [1.29, 1.82) is 0 Å². The number of amides is 1. The van der Waals surface area contributed by atoms with Crippen LogP contribution in [0.5, 0.6) is 0 Å². The lowest BCUT2D eigenvalue weighted by atomic mass is 9.69. The Hall–Kier alpha value is -1.96. The van der Waals surface area contributed by atoms with Crippen LogP contribution in [0.15, 0.2) is 16.9 Å². The first-order valence-electron chi connectivity index (χ1n) is 9.75. The highest BCUT2D eigenvalue weighted by Gasteiger charge is 2.60. The molecule has 7 nitrogen and oxygen atoms in total. The van der Waals surface area contributed by atoms with Gasteiger partial charge in [-0.15, -0.1) is 10.2 Å². The molecule has 4 heterocycles. The van der Waals surface area contributed by atoms with Crippen LogP contribution >= 0.6 is 11.3 Å². The second kappa shape index (κ2) is 7.22. The first-order valence-corrected chi connectivity index (χ1v) is 10.6. The fourth-order valence-electron chi connectivity index (χ4n) is 4.73. The molecule has 0 aromatic carbocycles. The molecular formula is C19H27N5O2S. The van der Waals surface area contributed by atoms with Gasteiger partial charge in [-0.3, -0.25) is 4.79 Å². The first kappa shape index (κ1) is 18.4. The van der Waals surface area contributed by atoms with E-state index in [2.05, 4.69) is 39.2 Å². The summed E-state index contributed by atoms with van der Waals surface area (Å²) in [5.74, 6) is 0.703. The van der Waals surface area contributed by atoms with Crippen LogP contribution in [0.4, 0.5) is 6.01 Å². The van der Waals surface area contributed by atoms with Crippen molar-refractivity contribution in [2.45, 2.75) is 71.5 Å². The third kappa shape index (κ3) is 3.35. The molecule has 1 N–H and O–H groups in total. The molecule has 1 amide bonds. The van der Waals surface area contributed by atoms with E-state index >= 15 is 0 Å². The van der Waals surface area contributed by atoms with Gasteiger partial charge in [-0.2, -0.15) is 0 Å². The number of aryl methyl sites for hydroxylation is 1. The van der Waals surface area contributed by atoms with Crippen molar-refractivity contribution in [2.24, 2.45) is 11.3 Å². The largest absolute Gasteiger partial charge is 0.432 e. The van der Waals surface area contributed by atoms with Gasteiger partial charge in [0, 0.05) is 12.1 Å². The van der Waals surface area contributed by atoms with Crippen molar-refractivity contribution in [3.8, 4) is 0 Å². The fraction of sp³-hybridized carbons (Fsp3) is 0.684. The van der Waals surface area contributed by atoms with E-state index in [-0.39, 0.29) is 17.4 Å². The van der Waals surface area contributed by atoms with E-state index in [1.165, 1.54) is 11.3 Å². The number of rotatable bonds is 7. The molecule has 0 saturated carbocycles. The predicted octanol–water partition coefficient (Wildman–Crippen LogP) is 3.31. The summed E-state index contributed by atoms with van der Waals surface area (Å²) in [6.45, 7) is 6.81. The number of aromatic nitrogens is 3. The zero-order chi connectivity index (χ0) is 19.0. The molecule has 2 saturated heterocycles. The molecule has 0 spiro atoms. The third-order valence-electron chi connectivity index (χ3n) is 5.97. The number of nitrogens with one attached hydrogen (secondary N) is 1. The van der Waals surface area contributed by atoms with Crippen LogP contribution in [0.25, 0.3) is 0 Å². The molecule has 2 aromatic rings. The number of anilines is 1. The van der Waals surface area contributed by atoms with Crippen molar-refractivity contribution < 1.29 is 9.21 Å². The zero-order valence-electron chi connectivity index (χ0n) is 16.1. The van der Waals surface area contributed by atoms with Crippen LogP contribution in [-0.2, 0) is 11.3 Å². The normalized spacial score (nSPS) is 26.9. The van der Waals surface area contributed by atoms with Gasteiger partial charge >= 0.3 is 0 Å². The number of hydrogen-bond acceptors (Lipinski definition) is 7. The van der Waals surface area contributed by atoms with E-state index in [1.54, 1.807) is 12.5 Å². The minimum absolute atomic E-state index is 0.139. The monoisotopic (exact) mass is 389 g/mol. The number of carbonyl (C=O) groups excluding carboxylic acids is 1. The number of nitrogens with zero attached hydrogens (tertiary/aromatic N) is 4. The van der Waals surface area contributed by atoms with Crippen molar-refractivity contribution in [1.82, 2.24) is 20.5 Å². The average Bonchev–Trinajstić information content (AvgIpc) is 3.40. The van der Waals surface area contributed by atoms with E-state index in [9.17, 15) is 4.79 Å². The van der Waals surface area contributed by atoms with Gasteiger partial charge in [-0.05, 0) is 44.9 Å². The molecule has 2 fully saturated rings. The maximum atomic E-state index is 13.4. The molecule has 2 aromatic heterocycles. The summed E-state index contributed by atoms with van der Waals surface area (Å²) in [6, 6.07) is 1.13. The summed E-state index contributed by atoms with van der Waals surface area (Å²) < 4.78 is 5.60. The van der Waals surface area contributed by atoms with Gasteiger partial charge in [0.2, 0.25) is 5.91 Å². The molecule has 3 atom stereocenters. The van der Waals surface area contributed by atoms with E-state index in [4.69, 9.17) is 4.42 Å². The topological polar surface area (TPSA) is 84.2 Å². The predicted molar refractivity (Wildman–Crippen MR) is 103 cm³/mol. The van der Waals surface area contributed by atoms with Crippen LogP contribution in [0.1, 0.15) is 56.0 Å². The van der Waals surface area contributed by atoms with Gasteiger partial charge in [-0.25, -0.2) is 4.98 Å². The van der Waals surface area contributed by atoms with E-state index in [1.807, 2.05) is 6.92 Å². The maximum Gasteiger partial charge on any atom is 0.297 e. The lowest BCUT2D eigenvalue weighted by Crippen LogP contribution is -2.49. The summed E-state index contributed by atoms with van der Waals surface area (Å²) >= 11 is 1.53. The van der Waals surface area contributed by atoms with Crippen molar-refractivity contribution >= 4 is 23.3 Å². The van der Waals surface area contributed by atoms with Crippen LogP contribution in [-0.4, -0.2) is 33.2 Å². The number of hydrogen-bond donors (Lipinski definition) is 1. The van der Waals surface area contributed by atoms with Gasteiger partial charge in [0.05, 0.1) is 18.2 Å². The highest BCUT2D eigenvalue weighted by molar-refractivity contribution is 7.11. The SMILES string of the molecule is Cc1nnc(CNC(=O)[C@@]2(CCC(C)C)C[C@H]3CC[C@@H]2N3c2ncco2)s1. The Balaban J connectivity index is 1.56. The number of oxazole rings is 1. The summed E-state index contributed by atoms with van der Waals surface area (Å²) in [7, 11) is 0. The minimum Gasteiger partial charge on any atom is -0.432 e. The standard InChI is InChI=1S/C19H27N5O2S/c1-12(2)6-7-19(17(25)21-11-16-23-22-13(3)27-16)10-14-4-5-15(19)24(14)18-20-8-9-26-18/h8-9,12,14-15H,4-7,10-11H2,1-3H3,(H,21,25)/t14-,15+,19+/m1/s1. The van der Waals surface area contributed by atoms with Crippen LogP contribution < -0.4 is 10.2 Å². The number of fused-ring (bicyclic) bond motifs is 2. The smallest absolute Gasteiger partial charge is 0.297 e. The van der Waals surface area contributed by atoms with Gasteiger partial charge in [0.25, 0.3) is 6.01 Å². The number of carbonyl (C=O) groups is 1. The first-order chi connectivity index (χ1) is 13.0. The second-order valence-corrected chi connectivity index (χ2v) is 9.43. The summed E-state index contributed by atoms with van der Waals surface area (Å²) in [4.78, 5) is 20.1. The molecule has 2 aliphatic rings. The van der Waals surface area contributed by atoms with Gasteiger partial charge in [0.15, 0.2) is 0 Å². The van der Waals surface area contributed by atoms with E-state index in [0.29, 0.717) is 24.5 Å². The highest BCUT2D eigenvalue weighted by Crippen LogP contribution is 2.54. The molecule has 0 unspecified atom stereocenters. The van der Waals surface area contributed by atoms with Crippen molar-refractivity contribution in [3.05, 3.63) is 22.5 Å². The van der Waals surface area contributed by atoms with Crippen LogP contribution in [0.3, 0.4) is 0 Å². The molecule has 146 valence electrons. The Morgan fingerprint density at radius 1 is 1.44 bits per heavy atom. The molecular weight excluding hydrogens is 362 g/mol. The Bertz CT molecular complexity index is 790. The van der Waals surface area contributed by atoms with Crippen LogP contribution in [0.2, 0.25) is 0 Å². The highest BCUT2D eigenvalue weighted by atomic mass is 32.1. The quantitative estimate of drug-likeness (QED) is 0.782. The van der Waals surface area contributed by atoms with Gasteiger partial charge < -0.3 is 14.6 Å². The molecule has 2 aliphatic heterocycles. The molecule has 4 rings (SSSR count). The van der Waals surface area contributed by atoms with Crippen LogP contribution in [0, 0.1) is 18.3 Å². The Kier molecular flexibility index (Phi) is 4.92. The molecule has 0 radical (unpaired) electrons. The fourth-order valence-corrected chi connectivity index (χ4v) is 5.38. The van der Waals surface area contributed by atoms with E-state index in [0.717, 1.165) is 42.1 Å². The lowest BCUT2D eigenvalue weighted by molar-refractivity contribution is -0.133. The second-order valence-electron chi connectivity index (χ2n) is 8.16.